The fourth-order valence-corrected chi connectivity index (χ4v) is 2.88. The minimum absolute atomic E-state index is 0.779. The molecule has 0 aliphatic carbocycles. The van der Waals surface area contributed by atoms with E-state index < -0.39 is 30.3 Å². The molecule has 0 heterocycles. The zero-order valence-corrected chi connectivity index (χ0v) is 9.67. The van der Waals surface area contributed by atoms with E-state index in [9.17, 15) is 13.2 Å². The van der Waals surface area contributed by atoms with E-state index in [1.165, 1.54) is 0 Å². The van der Waals surface area contributed by atoms with Crippen molar-refractivity contribution in [3.8, 4) is 0 Å². The fraction of sp³-hybridized carbons (Fsp3) is 1.00. The van der Waals surface area contributed by atoms with Crippen LogP contribution in [0.15, 0.2) is 0 Å². The molecule has 0 aliphatic rings. The van der Waals surface area contributed by atoms with Crippen molar-refractivity contribution in [2.24, 2.45) is 0 Å². The maximum atomic E-state index is 11.3. The van der Waals surface area contributed by atoms with Crippen LogP contribution >= 0.6 is 22.6 Å². The molecule has 0 rings (SSSR count). The SMILES string of the molecule is FC(F)(F)C[O][Zn][CH2]I. The monoisotopic (exact) mass is 304 g/mol. The van der Waals surface area contributed by atoms with Crippen molar-refractivity contribution < 1.29 is 34.2 Å². The number of hydrogen-bond acceptors (Lipinski definition) is 1. The van der Waals surface area contributed by atoms with Gasteiger partial charge in [0.15, 0.2) is 0 Å². The molecule has 0 amide bonds. The number of hydrogen-bond donors (Lipinski definition) is 0. The van der Waals surface area contributed by atoms with Crippen molar-refractivity contribution in [2.45, 2.75) is 6.18 Å². The molecule has 0 saturated carbocycles. The quantitative estimate of drug-likeness (QED) is 0.335. The van der Waals surface area contributed by atoms with Gasteiger partial charge in [-0.1, -0.05) is 0 Å². The van der Waals surface area contributed by atoms with Crippen LogP contribution in [0.1, 0.15) is 0 Å². The normalized spacial score (nSPS) is 11.1. The third-order valence-corrected chi connectivity index (χ3v) is 4.13. The van der Waals surface area contributed by atoms with E-state index in [1.54, 1.807) is 0 Å². The first kappa shape index (κ1) is 10.1. The second-order valence-corrected chi connectivity index (χ2v) is 9.47. The van der Waals surface area contributed by atoms with Gasteiger partial charge in [0.05, 0.1) is 0 Å². The van der Waals surface area contributed by atoms with E-state index >= 15 is 0 Å². The van der Waals surface area contributed by atoms with E-state index in [4.69, 9.17) is 0 Å². The van der Waals surface area contributed by atoms with Crippen LogP contribution < -0.4 is 0 Å². The molecule has 0 aromatic heterocycles. The van der Waals surface area contributed by atoms with Crippen LogP contribution in [-0.4, -0.2) is 15.8 Å². The van der Waals surface area contributed by atoms with Gasteiger partial charge in [0.2, 0.25) is 0 Å². The number of alkyl halides is 4. The molecule has 0 radical (unpaired) electrons. The Labute approximate surface area is 72.5 Å². The molecule has 0 N–H and O–H groups in total. The van der Waals surface area contributed by atoms with Gasteiger partial charge in [0.25, 0.3) is 0 Å². The van der Waals surface area contributed by atoms with E-state index in [1.807, 2.05) is 22.6 Å². The Bertz CT molecular complexity index is 75.9. The number of rotatable bonds is 3. The van der Waals surface area contributed by atoms with Gasteiger partial charge in [-0.2, -0.15) is 0 Å². The van der Waals surface area contributed by atoms with E-state index in [2.05, 4.69) is 3.56 Å². The molecule has 0 fully saturated rings. The van der Waals surface area contributed by atoms with Crippen molar-refractivity contribution in [1.29, 1.82) is 0 Å². The molecule has 0 atom stereocenters. The molecule has 0 unspecified atom stereocenters. The van der Waals surface area contributed by atoms with Crippen LogP contribution in [0.2, 0.25) is 0 Å². The molecule has 0 aromatic rings. The Balaban J connectivity index is 3.07. The van der Waals surface area contributed by atoms with Crippen LogP contribution in [-0.2, 0) is 21.1 Å². The van der Waals surface area contributed by atoms with Gasteiger partial charge in [-0.25, -0.2) is 0 Å². The summed E-state index contributed by atoms with van der Waals surface area (Å²) in [6.45, 7) is -1.05. The van der Waals surface area contributed by atoms with Gasteiger partial charge in [0.1, 0.15) is 0 Å². The van der Waals surface area contributed by atoms with Gasteiger partial charge < -0.3 is 0 Å². The molecule has 0 aliphatic heterocycles. The summed E-state index contributed by atoms with van der Waals surface area (Å²) in [5.41, 5.74) is 0. The standard InChI is InChI=1S/C2H2F3O.CH2I.Zn/c3-2(4,5)1-6;1-2;/h1H2;1H2;/q-1;;+1. The van der Waals surface area contributed by atoms with Crippen LogP contribution in [0.5, 0.6) is 0 Å². The van der Waals surface area contributed by atoms with Crippen molar-refractivity contribution in [2.75, 3.05) is 9.63 Å². The molecular formula is C3H4F3IOZn. The predicted octanol–water partition coefficient (Wildman–Crippen LogP) is 1.96. The average Bonchev–Trinajstić information content (AvgIpc) is 1.63. The topological polar surface area (TPSA) is 9.23 Å². The first-order valence-electron chi connectivity index (χ1n) is 2.27. The molecule has 52 valence electrons. The summed E-state index contributed by atoms with van der Waals surface area (Å²) in [7, 11) is 0. The summed E-state index contributed by atoms with van der Waals surface area (Å²) in [5, 5.41) is 0. The molecule has 6 heteroatoms. The summed E-state index contributed by atoms with van der Waals surface area (Å²) in [5.74, 6) is 0. The third-order valence-electron chi connectivity index (χ3n) is 0.487. The zero-order valence-electron chi connectivity index (χ0n) is 4.54. The van der Waals surface area contributed by atoms with Gasteiger partial charge in [-0.05, 0) is 0 Å². The van der Waals surface area contributed by atoms with Gasteiger partial charge in [-0.3, -0.25) is 0 Å². The Hall–Kier alpha value is 1.10. The van der Waals surface area contributed by atoms with E-state index in [-0.39, 0.29) is 0 Å². The second kappa shape index (κ2) is 4.85. The molecular weight excluding hydrogens is 301 g/mol. The minimum atomic E-state index is -4.13. The molecule has 1 nitrogen and oxygen atoms in total. The summed E-state index contributed by atoms with van der Waals surface area (Å²) < 4.78 is 39.0. The average molecular weight is 305 g/mol. The Kier molecular flexibility index (Phi) is 5.44. The summed E-state index contributed by atoms with van der Waals surface area (Å²) in [4.78, 5) is 0. The zero-order chi connectivity index (χ0) is 7.33. The fourth-order valence-electron chi connectivity index (χ4n) is 0.242. The van der Waals surface area contributed by atoms with Gasteiger partial charge >= 0.3 is 72.6 Å². The van der Waals surface area contributed by atoms with Crippen LogP contribution in [0.4, 0.5) is 13.2 Å². The Morgan fingerprint density at radius 1 is 1.44 bits per heavy atom. The van der Waals surface area contributed by atoms with Crippen LogP contribution in [0.25, 0.3) is 0 Å². The van der Waals surface area contributed by atoms with Crippen molar-refractivity contribution in [3.05, 3.63) is 0 Å². The summed E-state index contributed by atoms with van der Waals surface area (Å²) >= 11 is 0.768. The molecule has 0 aromatic carbocycles. The predicted molar refractivity (Wildman–Crippen MR) is 30.9 cm³/mol. The molecule has 0 saturated heterocycles. The second-order valence-electron chi connectivity index (χ2n) is 1.36. The van der Waals surface area contributed by atoms with E-state index in [0.29, 0.717) is 0 Å². The summed E-state index contributed by atoms with van der Waals surface area (Å²) in [6.07, 6.45) is -4.13. The van der Waals surface area contributed by atoms with Gasteiger partial charge in [-0.15, -0.1) is 0 Å². The maximum absolute atomic E-state index is 11.3. The molecule has 0 spiro atoms. The van der Waals surface area contributed by atoms with E-state index in [0.717, 1.165) is 3.02 Å². The van der Waals surface area contributed by atoms with Crippen molar-refractivity contribution in [3.63, 3.8) is 0 Å². The van der Waals surface area contributed by atoms with Crippen molar-refractivity contribution >= 4 is 22.6 Å². The Morgan fingerprint density at radius 3 is 2.33 bits per heavy atom. The Morgan fingerprint density at radius 2 is 2.00 bits per heavy atom. The summed E-state index contributed by atoms with van der Waals surface area (Å²) in [6, 6.07) is 0. The molecule has 9 heavy (non-hydrogen) atoms. The third kappa shape index (κ3) is 9.10. The van der Waals surface area contributed by atoms with Gasteiger partial charge in [0, 0.05) is 0 Å². The first-order chi connectivity index (χ1) is 4.06. The van der Waals surface area contributed by atoms with Crippen LogP contribution in [0, 0.1) is 0 Å². The number of halogens is 4. The van der Waals surface area contributed by atoms with Crippen molar-refractivity contribution in [1.82, 2.24) is 0 Å². The first-order valence-corrected chi connectivity index (χ1v) is 7.10. The van der Waals surface area contributed by atoms with Crippen LogP contribution in [0.3, 0.4) is 0 Å². The molecule has 0 bridgehead atoms.